The van der Waals surface area contributed by atoms with E-state index in [0.29, 0.717) is 37.2 Å². The van der Waals surface area contributed by atoms with Gasteiger partial charge < -0.3 is 25.7 Å². The Hall–Kier alpha value is -1.35. The standard InChI is InChI=1S/C19H31N7O.2ClH/c1-27-11-10-21-17-16-18(26(12-22-16)15-4-2-3-5-15)25-19(24-17)23-14-8-6-13(20)7-9-14;;/h12-15H,2-11,20H2,1H3,(H2,21,23,24,25);2*1H. The van der Waals surface area contributed by atoms with Gasteiger partial charge in [-0.3, -0.25) is 0 Å². The molecule has 0 amide bonds. The normalized spacial score (nSPS) is 22.1. The van der Waals surface area contributed by atoms with E-state index in [2.05, 4.69) is 20.2 Å². The number of nitrogens with one attached hydrogen (secondary N) is 2. The summed E-state index contributed by atoms with van der Waals surface area (Å²) in [6.07, 6.45) is 11.1. The van der Waals surface area contributed by atoms with Gasteiger partial charge in [-0.05, 0) is 38.5 Å². The molecule has 10 heteroatoms. The van der Waals surface area contributed by atoms with Gasteiger partial charge in [-0.25, -0.2) is 4.98 Å². The van der Waals surface area contributed by atoms with Crippen LogP contribution in [0.1, 0.15) is 57.4 Å². The second-order valence-corrected chi connectivity index (χ2v) is 7.83. The Bertz CT molecular complexity index is 758. The van der Waals surface area contributed by atoms with Gasteiger partial charge in [0.15, 0.2) is 17.0 Å². The summed E-state index contributed by atoms with van der Waals surface area (Å²) in [4.78, 5) is 14.2. The molecule has 0 atom stereocenters. The highest BCUT2D eigenvalue weighted by atomic mass is 35.5. The van der Waals surface area contributed by atoms with Crippen LogP contribution >= 0.6 is 24.8 Å². The number of imidazole rings is 1. The first-order chi connectivity index (χ1) is 13.2. The number of rotatable bonds is 7. The van der Waals surface area contributed by atoms with Crippen molar-refractivity contribution < 1.29 is 4.74 Å². The van der Waals surface area contributed by atoms with E-state index in [1.54, 1.807) is 7.11 Å². The van der Waals surface area contributed by atoms with Crippen LogP contribution in [0.3, 0.4) is 0 Å². The van der Waals surface area contributed by atoms with Crippen molar-refractivity contribution in [2.24, 2.45) is 5.73 Å². The molecule has 164 valence electrons. The zero-order chi connectivity index (χ0) is 18.6. The zero-order valence-electron chi connectivity index (χ0n) is 17.0. The molecule has 2 fully saturated rings. The molecule has 8 nitrogen and oxygen atoms in total. The predicted molar refractivity (Wildman–Crippen MR) is 122 cm³/mol. The molecule has 0 bridgehead atoms. The minimum absolute atomic E-state index is 0. The quantitative estimate of drug-likeness (QED) is 0.559. The maximum Gasteiger partial charge on any atom is 0.227 e. The number of halogens is 2. The first-order valence-electron chi connectivity index (χ1n) is 10.2. The Balaban J connectivity index is 0.00000150. The van der Waals surface area contributed by atoms with E-state index in [9.17, 15) is 0 Å². The number of ether oxygens (including phenoxy) is 1. The van der Waals surface area contributed by atoms with Crippen LogP contribution in [0.25, 0.3) is 11.2 Å². The van der Waals surface area contributed by atoms with Gasteiger partial charge in [0.25, 0.3) is 0 Å². The van der Waals surface area contributed by atoms with E-state index in [0.717, 1.165) is 42.7 Å². The lowest BCUT2D eigenvalue weighted by Gasteiger charge is -2.27. The van der Waals surface area contributed by atoms with Gasteiger partial charge in [0.2, 0.25) is 5.95 Å². The van der Waals surface area contributed by atoms with Crippen molar-refractivity contribution in [3.63, 3.8) is 0 Å². The van der Waals surface area contributed by atoms with E-state index < -0.39 is 0 Å². The number of methoxy groups -OCH3 is 1. The van der Waals surface area contributed by atoms with Crippen LogP contribution in [-0.4, -0.2) is 51.9 Å². The van der Waals surface area contributed by atoms with E-state index in [4.69, 9.17) is 20.4 Å². The molecule has 2 saturated carbocycles. The number of nitrogens with two attached hydrogens (primary N) is 1. The summed E-state index contributed by atoms with van der Waals surface area (Å²) in [5.41, 5.74) is 7.81. The number of fused-ring (bicyclic) bond motifs is 1. The predicted octanol–water partition coefficient (Wildman–Crippen LogP) is 3.53. The molecular weight excluding hydrogens is 413 g/mol. The van der Waals surface area contributed by atoms with Crippen LogP contribution < -0.4 is 16.4 Å². The fourth-order valence-electron chi connectivity index (χ4n) is 4.27. The molecule has 0 aromatic carbocycles. The average Bonchev–Trinajstić information content (AvgIpc) is 3.33. The Morgan fingerprint density at radius 2 is 1.83 bits per heavy atom. The van der Waals surface area contributed by atoms with Crippen LogP contribution in [0.4, 0.5) is 11.8 Å². The van der Waals surface area contributed by atoms with Crippen molar-refractivity contribution >= 4 is 47.7 Å². The molecule has 0 spiro atoms. The maximum absolute atomic E-state index is 6.04. The fraction of sp³-hybridized carbons (Fsp3) is 0.737. The summed E-state index contributed by atoms with van der Waals surface area (Å²) in [5, 5.41) is 6.91. The van der Waals surface area contributed by atoms with Crippen molar-refractivity contribution in [2.45, 2.75) is 69.5 Å². The third kappa shape index (κ3) is 5.63. The zero-order valence-corrected chi connectivity index (χ0v) is 18.6. The fourth-order valence-corrected chi connectivity index (χ4v) is 4.27. The number of aromatic nitrogens is 4. The summed E-state index contributed by atoms with van der Waals surface area (Å²) in [6.45, 7) is 1.31. The minimum atomic E-state index is 0. The van der Waals surface area contributed by atoms with E-state index >= 15 is 0 Å². The summed E-state index contributed by atoms with van der Waals surface area (Å²) in [5.74, 6) is 1.46. The van der Waals surface area contributed by atoms with Crippen LogP contribution in [0.2, 0.25) is 0 Å². The molecule has 4 N–H and O–H groups in total. The average molecular weight is 446 g/mol. The number of hydrogen-bond acceptors (Lipinski definition) is 7. The van der Waals surface area contributed by atoms with Gasteiger partial charge in [0.1, 0.15) is 0 Å². The lowest BCUT2D eigenvalue weighted by atomic mass is 9.92. The molecule has 2 heterocycles. The molecule has 2 aromatic heterocycles. The third-order valence-electron chi connectivity index (χ3n) is 5.84. The molecule has 0 aliphatic heterocycles. The highest BCUT2D eigenvalue weighted by molar-refractivity contribution is 5.86. The molecule has 0 saturated heterocycles. The van der Waals surface area contributed by atoms with E-state index in [-0.39, 0.29) is 24.8 Å². The lowest BCUT2D eigenvalue weighted by molar-refractivity contribution is 0.210. The van der Waals surface area contributed by atoms with Crippen LogP contribution in [-0.2, 0) is 4.74 Å². The van der Waals surface area contributed by atoms with Gasteiger partial charge in [-0.2, -0.15) is 9.97 Å². The second-order valence-electron chi connectivity index (χ2n) is 7.83. The minimum Gasteiger partial charge on any atom is -0.383 e. The monoisotopic (exact) mass is 445 g/mol. The molecular formula is C19H33Cl2N7O. The Kier molecular flexibility index (Phi) is 9.20. The van der Waals surface area contributed by atoms with Crippen molar-refractivity contribution in [1.29, 1.82) is 0 Å². The van der Waals surface area contributed by atoms with Crippen molar-refractivity contribution in [3.05, 3.63) is 6.33 Å². The number of anilines is 2. The van der Waals surface area contributed by atoms with Gasteiger partial charge >= 0.3 is 0 Å². The summed E-state index contributed by atoms with van der Waals surface area (Å²) in [7, 11) is 1.70. The Morgan fingerprint density at radius 3 is 2.52 bits per heavy atom. The topological polar surface area (TPSA) is 103 Å². The smallest absolute Gasteiger partial charge is 0.227 e. The summed E-state index contributed by atoms with van der Waals surface area (Å²) in [6, 6.07) is 1.22. The maximum atomic E-state index is 6.04. The van der Waals surface area contributed by atoms with Crippen molar-refractivity contribution in [2.75, 3.05) is 30.9 Å². The molecule has 2 aromatic rings. The highest BCUT2D eigenvalue weighted by Gasteiger charge is 2.23. The Morgan fingerprint density at radius 1 is 1.10 bits per heavy atom. The molecule has 2 aliphatic rings. The van der Waals surface area contributed by atoms with E-state index in [1.165, 1.54) is 25.7 Å². The second kappa shape index (κ2) is 11.2. The van der Waals surface area contributed by atoms with Gasteiger partial charge in [0.05, 0.1) is 12.9 Å². The third-order valence-corrected chi connectivity index (χ3v) is 5.84. The molecule has 29 heavy (non-hydrogen) atoms. The van der Waals surface area contributed by atoms with Crippen LogP contribution in [0, 0.1) is 0 Å². The summed E-state index contributed by atoms with van der Waals surface area (Å²) < 4.78 is 7.41. The SMILES string of the molecule is COCCNc1nc(NC2CCC(N)CC2)nc2c1ncn2C1CCCC1.Cl.Cl. The first-order valence-corrected chi connectivity index (χ1v) is 10.2. The molecule has 0 unspecified atom stereocenters. The Labute approximate surface area is 184 Å². The number of hydrogen-bond donors (Lipinski definition) is 3. The van der Waals surface area contributed by atoms with Crippen molar-refractivity contribution in [3.8, 4) is 0 Å². The lowest BCUT2D eigenvalue weighted by Crippen LogP contribution is -2.33. The van der Waals surface area contributed by atoms with Crippen LogP contribution in [0.15, 0.2) is 6.33 Å². The van der Waals surface area contributed by atoms with Gasteiger partial charge in [-0.15, -0.1) is 24.8 Å². The van der Waals surface area contributed by atoms with E-state index in [1.807, 2.05) is 6.33 Å². The summed E-state index contributed by atoms with van der Waals surface area (Å²) >= 11 is 0. The van der Waals surface area contributed by atoms with Gasteiger partial charge in [0, 0.05) is 31.8 Å². The highest BCUT2D eigenvalue weighted by Crippen LogP contribution is 2.33. The van der Waals surface area contributed by atoms with Gasteiger partial charge in [-0.1, -0.05) is 12.8 Å². The van der Waals surface area contributed by atoms with Crippen molar-refractivity contribution in [1.82, 2.24) is 19.5 Å². The number of nitrogens with zero attached hydrogens (tertiary/aromatic N) is 4. The molecule has 2 aliphatic carbocycles. The largest absolute Gasteiger partial charge is 0.383 e. The molecule has 0 radical (unpaired) electrons. The molecule has 4 rings (SSSR count). The van der Waals surface area contributed by atoms with Crippen LogP contribution in [0.5, 0.6) is 0 Å². The first kappa shape index (κ1) is 23.9.